The van der Waals surface area contributed by atoms with Gasteiger partial charge in [-0.2, -0.15) is 0 Å². The Morgan fingerprint density at radius 2 is 0.653 bits per heavy atom. The molecule has 13 saturated heterocycles. The van der Waals surface area contributed by atoms with Gasteiger partial charge in [0, 0.05) is 25.2 Å². The molecular weight excluding hydrogens is 1030 g/mol. The Morgan fingerprint density at radius 3 is 1.17 bits per heavy atom. The highest BCUT2D eigenvalue weighted by atomic mass is 16.8. The zero-order chi connectivity index (χ0) is 54.2. The van der Waals surface area contributed by atoms with E-state index < -0.39 is 269 Å². The monoisotopic (exact) mass is 1100 g/mol. The molecule has 13 aliphatic rings. The quantitative estimate of drug-likeness (QED) is 0.117. The Balaban J connectivity index is 1.05. The molecule has 0 amide bonds. The first kappa shape index (κ1) is 59.8. The number of aliphatic hydroxyl groups is 18. The summed E-state index contributed by atoms with van der Waals surface area (Å²) in [6, 6.07) is 0. The third kappa shape index (κ3) is 12.8. The molecule has 0 aromatic carbocycles. The SMILES string of the molecule is OCC1CO[C@H]2O[C@@H]3C(CO)O[C@@H](O[C@H]4CC(O)[C@@H](OC4CO)O[C@H]4C(O)C(O)[C@@H](O[C@@H]5C(O)CO[C@H](O[C@H]6CC(O)[C@H](OC6CO)O[C@H]6C(O)C[C@@H](OC1[C@H](O)C2O)OC6CO)C(O)C5O)O[C@@H]4CO)C(O)C3O. The van der Waals surface area contributed by atoms with Crippen molar-refractivity contribution in [3.8, 4) is 0 Å². The Morgan fingerprint density at radius 1 is 0.267 bits per heavy atom. The molecule has 17 unspecified atom stereocenters. The molecule has 13 aliphatic heterocycles. The maximum Gasteiger partial charge on any atom is 0.187 e. The standard InChI is InChI=1S/C43H72O32/c44-4-12-10-62-41-29(58)25(54)33(12)71-24-3-13(50)34(21(7-47)64-24)72-38-14(51)1-17(19(5-45)67-38)65-40-30(59)26(55)35(16(53)11-63-40)73-43-32(61)28(57)36(22(8-48)70-43)74-39-15(52)2-18(20(6-46)68-39)66-42-31(60)27(56)37(75-41)23(9-49)69-42/h12-61H,1-11H2/t12?,13?,14?,15?,16?,17-,18-,19?,20?,21?,22+,23?,24+,25+,26?,27?,28?,29?,30?,31?,32?,33?,34-,35+,36+,37+,38+,39-,40+,41-,42+,43+/m0/s1. The Bertz CT molecular complexity index is 1740. The van der Waals surface area contributed by atoms with Gasteiger partial charge in [0.1, 0.15) is 122 Å². The number of hydrogen-bond donors (Lipinski definition) is 18. The highest BCUT2D eigenvalue weighted by Crippen LogP contribution is 2.38. The molecule has 32 nitrogen and oxygen atoms in total. The van der Waals surface area contributed by atoms with Crippen LogP contribution in [0.3, 0.4) is 0 Å². The van der Waals surface area contributed by atoms with Gasteiger partial charge in [-0.3, -0.25) is 0 Å². The number of ether oxygens (including phenoxy) is 14. The van der Waals surface area contributed by atoms with Gasteiger partial charge in [0.05, 0.1) is 77.3 Å². The molecule has 18 N–H and O–H groups in total. The lowest BCUT2D eigenvalue weighted by Gasteiger charge is -2.47. The van der Waals surface area contributed by atoms with E-state index in [-0.39, 0.29) is 0 Å². The summed E-state index contributed by atoms with van der Waals surface area (Å²) < 4.78 is 81.2. The summed E-state index contributed by atoms with van der Waals surface area (Å²) in [4.78, 5) is 0. The van der Waals surface area contributed by atoms with Crippen LogP contribution in [0.1, 0.15) is 19.3 Å². The molecule has 13 fully saturated rings. The first-order valence-corrected chi connectivity index (χ1v) is 24.8. The van der Waals surface area contributed by atoms with Crippen molar-refractivity contribution >= 4 is 0 Å². The first-order chi connectivity index (χ1) is 35.8. The topological polar surface area (TPSA) is 493 Å². The maximum absolute atomic E-state index is 11.5. The summed E-state index contributed by atoms with van der Waals surface area (Å²) >= 11 is 0. The van der Waals surface area contributed by atoms with Crippen LogP contribution < -0.4 is 0 Å². The Labute approximate surface area is 426 Å². The Kier molecular flexibility index (Phi) is 20.8. The van der Waals surface area contributed by atoms with Gasteiger partial charge in [0.15, 0.2) is 44.0 Å². The molecule has 13 heterocycles. The lowest BCUT2D eigenvalue weighted by atomic mass is 9.95. The van der Waals surface area contributed by atoms with Crippen LogP contribution in [0, 0.1) is 5.92 Å². The summed E-state index contributed by atoms with van der Waals surface area (Å²) in [6.45, 7) is -6.35. The molecule has 32 atom stereocenters. The van der Waals surface area contributed by atoms with Gasteiger partial charge in [-0.05, 0) is 0 Å². The first-order valence-electron chi connectivity index (χ1n) is 24.8. The molecular formula is C43H72O32. The van der Waals surface area contributed by atoms with E-state index in [0.717, 1.165) is 0 Å². The van der Waals surface area contributed by atoms with Gasteiger partial charge in [-0.1, -0.05) is 0 Å². The third-order valence-corrected chi connectivity index (χ3v) is 14.7. The molecule has 0 aliphatic carbocycles. The maximum atomic E-state index is 11.5. The molecule has 0 aromatic heterocycles. The van der Waals surface area contributed by atoms with Crippen LogP contribution in [-0.4, -0.2) is 335 Å². The molecule has 14 bridgehead atoms. The van der Waals surface area contributed by atoms with Crippen molar-refractivity contribution in [1.82, 2.24) is 0 Å². The Hall–Kier alpha value is -1.28. The van der Waals surface area contributed by atoms with E-state index in [0.29, 0.717) is 0 Å². The smallest absolute Gasteiger partial charge is 0.187 e. The highest BCUT2D eigenvalue weighted by Gasteiger charge is 2.56. The summed E-state index contributed by atoms with van der Waals surface area (Å²) in [7, 11) is 0. The average molecular weight is 1100 g/mol. The summed E-state index contributed by atoms with van der Waals surface area (Å²) in [5.74, 6) is -1.15. The fraction of sp³-hybridized carbons (Fsp3) is 1.00. The highest BCUT2D eigenvalue weighted by molar-refractivity contribution is 4.98. The van der Waals surface area contributed by atoms with Crippen LogP contribution >= 0.6 is 0 Å². The molecule has 0 radical (unpaired) electrons. The van der Waals surface area contributed by atoms with Gasteiger partial charge >= 0.3 is 0 Å². The molecule has 75 heavy (non-hydrogen) atoms. The van der Waals surface area contributed by atoms with Crippen molar-refractivity contribution in [1.29, 1.82) is 0 Å². The van der Waals surface area contributed by atoms with Crippen LogP contribution in [0.5, 0.6) is 0 Å². The number of rotatable bonds is 6. The minimum atomic E-state index is -2.12. The normalized spacial score (nSPS) is 53.8. The van der Waals surface area contributed by atoms with E-state index in [2.05, 4.69) is 0 Å². The van der Waals surface area contributed by atoms with E-state index in [9.17, 15) is 91.9 Å². The van der Waals surface area contributed by atoms with Gasteiger partial charge < -0.3 is 158 Å². The van der Waals surface area contributed by atoms with Crippen molar-refractivity contribution in [2.45, 2.75) is 210 Å². The third-order valence-electron chi connectivity index (χ3n) is 14.7. The number of hydrogen-bond acceptors (Lipinski definition) is 32. The van der Waals surface area contributed by atoms with Gasteiger partial charge in [-0.25, -0.2) is 0 Å². The van der Waals surface area contributed by atoms with E-state index in [1.54, 1.807) is 0 Å². The molecule has 0 aromatic rings. The zero-order valence-corrected chi connectivity index (χ0v) is 40.0. The molecule has 0 saturated carbocycles. The van der Waals surface area contributed by atoms with E-state index >= 15 is 0 Å². The molecule has 32 heteroatoms. The van der Waals surface area contributed by atoms with Crippen LogP contribution in [0.25, 0.3) is 0 Å². The fourth-order valence-corrected chi connectivity index (χ4v) is 10.5. The van der Waals surface area contributed by atoms with Crippen molar-refractivity contribution in [3.63, 3.8) is 0 Å². The van der Waals surface area contributed by atoms with Gasteiger partial charge in [0.2, 0.25) is 0 Å². The minimum absolute atomic E-state index is 0.421. The largest absolute Gasteiger partial charge is 0.396 e. The fourth-order valence-electron chi connectivity index (χ4n) is 10.5. The molecule has 436 valence electrons. The van der Waals surface area contributed by atoms with Crippen molar-refractivity contribution in [2.75, 3.05) is 52.9 Å². The van der Waals surface area contributed by atoms with Crippen molar-refractivity contribution in [3.05, 3.63) is 0 Å². The second-order valence-corrected chi connectivity index (χ2v) is 19.8. The zero-order valence-electron chi connectivity index (χ0n) is 40.0. The van der Waals surface area contributed by atoms with Crippen LogP contribution in [0.15, 0.2) is 0 Å². The summed E-state index contributed by atoms with van der Waals surface area (Å²) in [6.07, 6.45) is -55.3. The van der Waals surface area contributed by atoms with Gasteiger partial charge in [0.25, 0.3) is 0 Å². The van der Waals surface area contributed by atoms with E-state index in [4.69, 9.17) is 66.3 Å². The van der Waals surface area contributed by atoms with E-state index in [1.807, 2.05) is 0 Å². The lowest BCUT2D eigenvalue weighted by molar-refractivity contribution is -0.375. The van der Waals surface area contributed by atoms with Gasteiger partial charge in [-0.15, -0.1) is 0 Å². The van der Waals surface area contributed by atoms with E-state index in [1.165, 1.54) is 0 Å². The van der Waals surface area contributed by atoms with Crippen molar-refractivity contribution in [2.24, 2.45) is 5.92 Å². The second-order valence-electron chi connectivity index (χ2n) is 19.8. The average Bonchev–Trinajstić information content (AvgIpc) is 3.57. The van der Waals surface area contributed by atoms with Crippen molar-refractivity contribution < 1.29 is 158 Å². The predicted molar refractivity (Wildman–Crippen MR) is 229 cm³/mol. The van der Waals surface area contributed by atoms with Crippen LogP contribution in [0.2, 0.25) is 0 Å². The van der Waals surface area contributed by atoms with Crippen LogP contribution in [0.4, 0.5) is 0 Å². The minimum Gasteiger partial charge on any atom is -0.396 e. The van der Waals surface area contributed by atoms with Crippen LogP contribution in [-0.2, 0) is 66.3 Å². The molecule has 0 spiro atoms. The number of aliphatic hydroxyl groups excluding tert-OH is 18. The number of fused-ring (bicyclic) bond motifs is 5. The molecule has 13 rings (SSSR count). The second kappa shape index (κ2) is 26.1. The lowest BCUT2D eigenvalue weighted by Crippen LogP contribution is -2.64. The summed E-state index contributed by atoms with van der Waals surface area (Å²) in [5, 5.41) is 198. The summed E-state index contributed by atoms with van der Waals surface area (Å²) in [5.41, 5.74) is 0. The predicted octanol–water partition coefficient (Wildman–Crippen LogP) is -11.9.